The smallest absolute Gasteiger partial charge is 0.455 e. The summed E-state index contributed by atoms with van der Waals surface area (Å²) in [6.45, 7) is 6.42. The second-order valence-electron chi connectivity index (χ2n) is 11.5. The third kappa shape index (κ3) is 5.46. The minimum atomic E-state index is -0.983. The first-order chi connectivity index (χ1) is 18.7. The lowest BCUT2D eigenvalue weighted by atomic mass is 9.53. The Balaban J connectivity index is 1.49. The van der Waals surface area contributed by atoms with Crippen LogP contribution in [0.3, 0.4) is 0 Å². The zero-order valence-corrected chi connectivity index (χ0v) is 24.4. The van der Waals surface area contributed by atoms with Gasteiger partial charge in [-0.05, 0) is 67.6 Å². The number of carbonyl (C=O) groups excluding carboxylic acids is 2. The molecule has 2 aromatic carbocycles. The van der Waals surface area contributed by atoms with Crippen molar-refractivity contribution in [1.29, 1.82) is 0 Å². The van der Waals surface area contributed by atoms with Crippen LogP contribution < -0.4 is 0 Å². The van der Waals surface area contributed by atoms with Crippen molar-refractivity contribution in [2.75, 3.05) is 0 Å². The molecule has 0 amide bonds. The van der Waals surface area contributed by atoms with Crippen molar-refractivity contribution in [3.8, 4) is 5.75 Å². The number of rotatable bonds is 7. The number of phenolic OH excluding ortho intramolecular Hbond substituents is 1. The van der Waals surface area contributed by atoms with Crippen LogP contribution in [0.15, 0.2) is 63.7 Å². The standard InChI is InChI=1S/C32H36BBrO5/c1-4-7-19(14-20-15-21(34)11-12-27(20)35)10-13-28-29-24(18(2)3)16-25-30(26(29)17-33(38)39-28)32(37)23-9-6-5-8-22(23)31(25)36/h5-6,8-9,11-12,14-15,18,25-26,28,30,35,38H,4,7,10,13,16-17H2,1-3H3/b19-14+/t25-,26+,28-,30-/m1/s1. The molecule has 7 heteroatoms. The molecule has 3 aliphatic rings. The average molecular weight is 591 g/mol. The molecule has 5 rings (SSSR count). The van der Waals surface area contributed by atoms with Gasteiger partial charge in [0.05, 0.1) is 6.10 Å². The number of Topliss-reactive ketones (excluding diaryl/α,β-unsaturated/α-hetero) is 2. The molecular weight excluding hydrogens is 555 g/mol. The summed E-state index contributed by atoms with van der Waals surface area (Å²) in [4.78, 5) is 27.4. The van der Waals surface area contributed by atoms with Crippen molar-refractivity contribution < 1.29 is 24.4 Å². The van der Waals surface area contributed by atoms with Crippen molar-refractivity contribution in [1.82, 2.24) is 0 Å². The fourth-order valence-corrected chi connectivity index (χ4v) is 7.30. The van der Waals surface area contributed by atoms with Gasteiger partial charge < -0.3 is 14.8 Å². The highest BCUT2D eigenvalue weighted by Crippen LogP contribution is 2.52. The van der Waals surface area contributed by atoms with E-state index in [0.29, 0.717) is 30.3 Å². The summed E-state index contributed by atoms with van der Waals surface area (Å²) < 4.78 is 7.09. The summed E-state index contributed by atoms with van der Waals surface area (Å²) in [5.41, 5.74) is 5.33. The summed E-state index contributed by atoms with van der Waals surface area (Å²) in [6.07, 6.45) is 5.87. The summed E-state index contributed by atoms with van der Waals surface area (Å²) in [5, 5.41) is 21.2. The number of aromatic hydroxyl groups is 1. The first-order valence-corrected chi connectivity index (χ1v) is 14.9. The van der Waals surface area contributed by atoms with Crippen LogP contribution in [-0.4, -0.2) is 34.9 Å². The van der Waals surface area contributed by atoms with Crippen molar-refractivity contribution in [2.45, 2.75) is 65.3 Å². The Hall–Kier alpha value is -2.48. The topological polar surface area (TPSA) is 83.8 Å². The quantitative estimate of drug-likeness (QED) is 0.261. The molecule has 0 aromatic heterocycles. The molecule has 5 nitrogen and oxygen atoms in total. The van der Waals surface area contributed by atoms with E-state index in [-0.39, 0.29) is 41.2 Å². The lowest BCUT2D eigenvalue weighted by Gasteiger charge is -2.48. The maximum Gasteiger partial charge on any atom is 0.455 e. The van der Waals surface area contributed by atoms with Crippen LogP contribution in [0.25, 0.3) is 6.08 Å². The molecule has 0 spiro atoms. The SMILES string of the molecule is CCC/C(=C\c1cc(Br)ccc1O)CC[C@H]1OB(O)C[C@H]2C1=C(C(C)C)C[C@H]1C(=O)c3ccccc3C(=O)[C@H]12. The van der Waals surface area contributed by atoms with E-state index in [1.165, 1.54) is 11.1 Å². The van der Waals surface area contributed by atoms with Crippen LogP contribution in [-0.2, 0) is 4.65 Å². The molecule has 2 aliphatic carbocycles. The lowest BCUT2D eigenvalue weighted by molar-refractivity contribution is 0.0593. The normalized spacial score (nSPS) is 25.1. The van der Waals surface area contributed by atoms with Gasteiger partial charge >= 0.3 is 7.12 Å². The van der Waals surface area contributed by atoms with E-state index in [0.717, 1.165) is 34.9 Å². The number of fused-ring (bicyclic) bond motifs is 4. The van der Waals surface area contributed by atoms with Crippen molar-refractivity contribution in [3.05, 3.63) is 80.3 Å². The van der Waals surface area contributed by atoms with Crippen LogP contribution in [0.1, 0.15) is 79.2 Å². The number of carbonyl (C=O) groups is 2. The maximum absolute atomic E-state index is 13.8. The zero-order chi connectivity index (χ0) is 27.8. The summed E-state index contributed by atoms with van der Waals surface area (Å²) in [6, 6.07) is 12.6. The minimum absolute atomic E-state index is 0.0186. The second kappa shape index (κ2) is 11.6. The van der Waals surface area contributed by atoms with Crippen LogP contribution >= 0.6 is 15.9 Å². The van der Waals surface area contributed by atoms with Crippen molar-refractivity contribution in [2.24, 2.45) is 23.7 Å². The van der Waals surface area contributed by atoms with E-state index in [9.17, 15) is 19.7 Å². The molecule has 1 heterocycles. The monoisotopic (exact) mass is 590 g/mol. The van der Waals surface area contributed by atoms with Crippen molar-refractivity contribution >= 4 is 40.7 Å². The highest BCUT2D eigenvalue weighted by atomic mass is 79.9. The third-order valence-corrected chi connectivity index (χ3v) is 9.14. The number of allylic oxidation sites excluding steroid dienone is 2. The Morgan fingerprint density at radius 1 is 1.10 bits per heavy atom. The molecule has 2 aromatic rings. The van der Waals surface area contributed by atoms with Gasteiger partial charge in [0.15, 0.2) is 11.6 Å². The summed E-state index contributed by atoms with van der Waals surface area (Å²) in [5.74, 6) is -0.562. The Labute approximate surface area is 239 Å². The van der Waals surface area contributed by atoms with Crippen LogP contribution in [0.2, 0.25) is 6.32 Å². The van der Waals surface area contributed by atoms with E-state index in [4.69, 9.17) is 4.65 Å². The van der Waals surface area contributed by atoms with Gasteiger partial charge in [-0.15, -0.1) is 0 Å². The number of hydrogen-bond acceptors (Lipinski definition) is 5. The van der Waals surface area contributed by atoms with E-state index >= 15 is 0 Å². The van der Waals surface area contributed by atoms with Gasteiger partial charge in [-0.1, -0.05) is 84.6 Å². The number of halogens is 1. The van der Waals surface area contributed by atoms with Gasteiger partial charge in [-0.2, -0.15) is 0 Å². The number of ketones is 2. The molecule has 204 valence electrons. The molecular formula is C32H36BBrO5. The Kier molecular flexibility index (Phi) is 8.32. The van der Waals surface area contributed by atoms with Gasteiger partial charge in [0.1, 0.15) is 5.75 Å². The predicted molar refractivity (Wildman–Crippen MR) is 158 cm³/mol. The van der Waals surface area contributed by atoms with Gasteiger partial charge in [-0.3, -0.25) is 9.59 Å². The lowest BCUT2D eigenvalue weighted by Crippen LogP contribution is -2.51. The number of phenols is 1. The highest BCUT2D eigenvalue weighted by molar-refractivity contribution is 9.10. The van der Waals surface area contributed by atoms with Crippen molar-refractivity contribution in [3.63, 3.8) is 0 Å². The van der Waals surface area contributed by atoms with Crippen LogP contribution in [0.5, 0.6) is 5.75 Å². The fourth-order valence-electron chi connectivity index (χ4n) is 6.92. The highest BCUT2D eigenvalue weighted by Gasteiger charge is 2.53. The fraction of sp³-hybridized carbons (Fsp3) is 0.438. The first kappa shape index (κ1) is 28.1. The Morgan fingerprint density at radius 2 is 1.82 bits per heavy atom. The predicted octanol–water partition coefficient (Wildman–Crippen LogP) is 7.28. The molecule has 1 saturated heterocycles. The molecule has 0 unspecified atom stereocenters. The molecule has 1 fully saturated rings. The molecule has 0 radical (unpaired) electrons. The molecule has 39 heavy (non-hydrogen) atoms. The molecule has 2 N–H and O–H groups in total. The van der Waals surface area contributed by atoms with E-state index in [1.54, 1.807) is 18.2 Å². The molecule has 1 aliphatic heterocycles. The van der Waals surface area contributed by atoms with Gasteiger partial charge in [-0.25, -0.2) is 0 Å². The summed E-state index contributed by atoms with van der Waals surface area (Å²) in [7, 11) is -0.983. The molecule has 0 bridgehead atoms. The average Bonchev–Trinajstić information content (AvgIpc) is 2.91. The maximum atomic E-state index is 13.8. The first-order valence-electron chi connectivity index (χ1n) is 14.1. The minimum Gasteiger partial charge on any atom is -0.507 e. The Bertz CT molecular complexity index is 1350. The van der Waals surface area contributed by atoms with Crippen LogP contribution in [0.4, 0.5) is 0 Å². The van der Waals surface area contributed by atoms with Crippen LogP contribution in [0, 0.1) is 23.7 Å². The third-order valence-electron chi connectivity index (χ3n) is 8.64. The molecule has 4 atom stereocenters. The van der Waals surface area contributed by atoms with Gasteiger partial charge in [0, 0.05) is 33.0 Å². The Morgan fingerprint density at radius 3 is 2.51 bits per heavy atom. The number of benzene rings is 2. The van der Waals surface area contributed by atoms with E-state index in [1.807, 2.05) is 24.3 Å². The molecule has 0 saturated carbocycles. The second-order valence-corrected chi connectivity index (χ2v) is 12.4. The van der Waals surface area contributed by atoms with Gasteiger partial charge in [0.2, 0.25) is 0 Å². The largest absolute Gasteiger partial charge is 0.507 e. The van der Waals surface area contributed by atoms with E-state index < -0.39 is 13.0 Å². The number of hydrogen-bond donors (Lipinski definition) is 2. The summed E-state index contributed by atoms with van der Waals surface area (Å²) >= 11 is 3.49. The van der Waals surface area contributed by atoms with Gasteiger partial charge in [0.25, 0.3) is 0 Å². The van der Waals surface area contributed by atoms with E-state index in [2.05, 4.69) is 42.8 Å². The zero-order valence-electron chi connectivity index (χ0n) is 22.8.